The number of aromatic nitrogens is 1. The van der Waals surface area contributed by atoms with Crippen LogP contribution in [0.3, 0.4) is 0 Å². The fourth-order valence-corrected chi connectivity index (χ4v) is 2.43. The van der Waals surface area contributed by atoms with Gasteiger partial charge in [0.1, 0.15) is 11.6 Å². The van der Waals surface area contributed by atoms with Gasteiger partial charge in [-0.2, -0.15) is 0 Å². The summed E-state index contributed by atoms with van der Waals surface area (Å²) in [7, 11) is 1.61. The molecule has 2 aromatic carbocycles. The van der Waals surface area contributed by atoms with E-state index in [1.807, 2.05) is 24.3 Å². The first-order valence-corrected chi connectivity index (χ1v) is 8.24. The monoisotopic (exact) mass is 354 g/mol. The molecule has 26 heavy (non-hydrogen) atoms. The third-order valence-electron chi connectivity index (χ3n) is 3.90. The van der Waals surface area contributed by atoms with E-state index in [1.54, 1.807) is 25.4 Å². The molecule has 0 saturated carbocycles. The summed E-state index contributed by atoms with van der Waals surface area (Å²) in [6.45, 7) is 0.454. The zero-order valence-corrected chi connectivity index (χ0v) is 14.4. The van der Waals surface area contributed by atoms with Crippen molar-refractivity contribution in [2.24, 2.45) is 0 Å². The number of carbonyl (C=O) groups is 1. The number of ether oxygens (including phenoxy) is 1. The highest BCUT2D eigenvalue weighted by molar-refractivity contribution is 5.76. The Morgan fingerprint density at radius 3 is 2.58 bits per heavy atom. The lowest BCUT2D eigenvalue weighted by Gasteiger charge is -2.05. The Bertz CT molecular complexity index is 858. The van der Waals surface area contributed by atoms with Crippen molar-refractivity contribution in [2.45, 2.75) is 19.4 Å². The smallest absolute Gasteiger partial charge is 0.220 e. The van der Waals surface area contributed by atoms with Crippen LogP contribution in [0.15, 0.2) is 59.1 Å². The summed E-state index contributed by atoms with van der Waals surface area (Å²) < 4.78 is 23.7. The zero-order valence-electron chi connectivity index (χ0n) is 14.4. The van der Waals surface area contributed by atoms with E-state index in [1.165, 1.54) is 12.1 Å². The fourth-order valence-electron chi connectivity index (χ4n) is 2.43. The molecule has 6 heteroatoms. The van der Waals surface area contributed by atoms with Gasteiger partial charge in [-0.3, -0.25) is 4.79 Å². The first-order valence-electron chi connectivity index (χ1n) is 8.24. The first-order chi connectivity index (χ1) is 12.6. The summed E-state index contributed by atoms with van der Waals surface area (Å²) in [5.74, 6) is 1.42. The van der Waals surface area contributed by atoms with Gasteiger partial charge in [-0.05, 0) is 42.0 Å². The molecule has 3 aromatic rings. The van der Waals surface area contributed by atoms with Gasteiger partial charge in [-0.1, -0.05) is 12.1 Å². The van der Waals surface area contributed by atoms with E-state index < -0.39 is 0 Å². The second-order valence-corrected chi connectivity index (χ2v) is 5.75. The molecule has 5 nitrogen and oxygen atoms in total. The molecular weight excluding hydrogens is 335 g/mol. The average Bonchev–Trinajstić information content (AvgIpc) is 3.14. The lowest BCUT2D eigenvalue weighted by atomic mass is 10.2. The highest BCUT2D eigenvalue weighted by atomic mass is 19.1. The standard InChI is InChI=1S/C20H19FN2O3/c1-25-17-8-2-14(3-9-17)12-22-19(24)10-11-20-23-13-18(26-20)15-4-6-16(21)7-5-15/h2-9,13H,10-12H2,1H3,(H,22,24). The van der Waals surface area contributed by atoms with Gasteiger partial charge in [-0.15, -0.1) is 0 Å². The van der Waals surface area contributed by atoms with Gasteiger partial charge in [0.2, 0.25) is 5.91 Å². The lowest BCUT2D eigenvalue weighted by molar-refractivity contribution is -0.121. The van der Waals surface area contributed by atoms with E-state index in [9.17, 15) is 9.18 Å². The van der Waals surface area contributed by atoms with Crippen LogP contribution in [0.2, 0.25) is 0 Å². The second kappa shape index (κ2) is 8.29. The van der Waals surface area contributed by atoms with Crippen LogP contribution in [0.25, 0.3) is 11.3 Å². The number of benzene rings is 2. The van der Waals surface area contributed by atoms with Crippen molar-refractivity contribution < 1.29 is 18.3 Å². The molecule has 0 aliphatic carbocycles. The van der Waals surface area contributed by atoms with Crippen molar-refractivity contribution in [3.63, 3.8) is 0 Å². The number of oxazole rings is 1. The maximum absolute atomic E-state index is 13.0. The van der Waals surface area contributed by atoms with E-state index in [4.69, 9.17) is 9.15 Å². The van der Waals surface area contributed by atoms with E-state index in [-0.39, 0.29) is 18.1 Å². The molecule has 0 aliphatic heterocycles. The number of nitrogens with zero attached hydrogens (tertiary/aromatic N) is 1. The average molecular weight is 354 g/mol. The number of rotatable bonds is 7. The zero-order chi connectivity index (χ0) is 18.4. The Morgan fingerprint density at radius 2 is 1.88 bits per heavy atom. The highest BCUT2D eigenvalue weighted by Gasteiger charge is 2.09. The molecule has 0 atom stereocenters. The van der Waals surface area contributed by atoms with Crippen LogP contribution < -0.4 is 10.1 Å². The number of nitrogens with one attached hydrogen (secondary N) is 1. The molecule has 0 unspecified atom stereocenters. The summed E-state index contributed by atoms with van der Waals surface area (Å²) >= 11 is 0. The summed E-state index contributed by atoms with van der Waals surface area (Å²) in [6.07, 6.45) is 2.26. The molecule has 0 spiro atoms. The van der Waals surface area contributed by atoms with Gasteiger partial charge in [0.25, 0.3) is 0 Å². The molecule has 0 fully saturated rings. The van der Waals surface area contributed by atoms with Crippen molar-refractivity contribution in [1.29, 1.82) is 0 Å². The lowest BCUT2D eigenvalue weighted by Crippen LogP contribution is -2.23. The molecular formula is C20H19FN2O3. The molecule has 1 heterocycles. The second-order valence-electron chi connectivity index (χ2n) is 5.75. The third-order valence-corrected chi connectivity index (χ3v) is 3.90. The van der Waals surface area contributed by atoms with Gasteiger partial charge in [0, 0.05) is 24.9 Å². The van der Waals surface area contributed by atoms with Crippen LogP contribution in [-0.4, -0.2) is 18.0 Å². The minimum Gasteiger partial charge on any atom is -0.497 e. The molecule has 1 amide bonds. The van der Waals surface area contributed by atoms with Crippen LogP contribution in [-0.2, 0) is 17.8 Å². The SMILES string of the molecule is COc1ccc(CNC(=O)CCc2ncc(-c3ccc(F)cc3)o2)cc1. The topological polar surface area (TPSA) is 64.4 Å². The van der Waals surface area contributed by atoms with Gasteiger partial charge >= 0.3 is 0 Å². The van der Waals surface area contributed by atoms with Crippen LogP contribution in [0.1, 0.15) is 17.9 Å². The minimum atomic E-state index is -0.304. The third kappa shape index (κ3) is 4.69. The van der Waals surface area contributed by atoms with Crippen LogP contribution in [0.5, 0.6) is 5.75 Å². The number of aryl methyl sites for hydroxylation is 1. The quantitative estimate of drug-likeness (QED) is 0.702. The summed E-state index contributed by atoms with van der Waals surface area (Å²) in [6, 6.07) is 13.5. The van der Waals surface area contributed by atoms with Gasteiger partial charge in [-0.25, -0.2) is 9.37 Å². The normalized spacial score (nSPS) is 10.5. The maximum atomic E-state index is 13.0. The Labute approximate surface area is 150 Å². The molecule has 1 N–H and O–H groups in total. The largest absolute Gasteiger partial charge is 0.497 e. The number of hydrogen-bond donors (Lipinski definition) is 1. The van der Waals surface area contributed by atoms with Crippen molar-refractivity contribution >= 4 is 5.91 Å². The van der Waals surface area contributed by atoms with E-state index in [0.717, 1.165) is 16.9 Å². The number of amides is 1. The van der Waals surface area contributed by atoms with E-state index >= 15 is 0 Å². The fraction of sp³-hybridized carbons (Fsp3) is 0.200. The highest BCUT2D eigenvalue weighted by Crippen LogP contribution is 2.21. The summed E-state index contributed by atoms with van der Waals surface area (Å²) in [5, 5.41) is 2.86. The molecule has 1 aromatic heterocycles. The summed E-state index contributed by atoms with van der Waals surface area (Å²) in [4.78, 5) is 16.2. The Kier molecular flexibility index (Phi) is 5.63. The van der Waals surface area contributed by atoms with Gasteiger partial charge in [0.15, 0.2) is 11.7 Å². The molecule has 0 bridgehead atoms. The number of halogens is 1. The number of methoxy groups -OCH3 is 1. The van der Waals surface area contributed by atoms with Crippen molar-refractivity contribution in [1.82, 2.24) is 10.3 Å². The number of hydrogen-bond acceptors (Lipinski definition) is 4. The summed E-state index contributed by atoms with van der Waals surface area (Å²) in [5.41, 5.74) is 1.74. The predicted molar refractivity (Wildman–Crippen MR) is 95.1 cm³/mol. The Hall–Kier alpha value is -3.15. The van der Waals surface area contributed by atoms with Crippen molar-refractivity contribution in [3.05, 3.63) is 72.0 Å². The van der Waals surface area contributed by atoms with Gasteiger partial charge in [0.05, 0.1) is 13.3 Å². The van der Waals surface area contributed by atoms with Crippen molar-refractivity contribution in [3.8, 4) is 17.1 Å². The van der Waals surface area contributed by atoms with Crippen molar-refractivity contribution in [2.75, 3.05) is 7.11 Å². The van der Waals surface area contributed by atoms with E-state index in [2.05, 4.69) is 10.3 Å². The molecule has 3 rings (SSSR count). The van der Waals surface area contributed by atoms with Crippen LogP contribution >= 0.6 is 0 Å². The maximum Gasteiger partial charge on any atom is 0.220 e. The first kappa shape index (κ1) is 17.7. The molecule has 134 valence electrons. The van der Waals surface area contributed by atoms with Gasteiger partial charge < -0.3 is 14.5 Å². The molecule has 0 saturated heterocycles. The molecule has 0 radical (unpaired) electrons. The Balaban J connectivity index is 1.47. The minimum absolute atomic E-state index is 0.0812. The number of carbonyl (C=O) groups excluding carboxylic acids is 1. The van der Waals surface area contributed by atoms with Crippen LogP contribution in [0, 0.1) is 5.82 Å². The Morgan fingerprint density at radius 1 is 1.15 bits per heavy atom. The van der Waals surface area contributed by atoms with E-state index in [0.29, 0.717) is 24.6 Å². The predicted octanol–water partition coefficient (Wildman–Crippen LogP) is 3.74. The van der Waals surface area contributed by atoms with Crippen LogP contribution in [0.4, 0.5) is 4.39 Å². The molecule has 0 aliphatic rings.